The van der Waals surface area contributed by atoms with Gasteiger partial charge in [-0.05, 0) is 32.2 Å². The molecule has 0 aliphatic carbocycles. The number of fused-ring (bicyclic) bond motifs is 1. The van der Waals surface area contributed by atoms with Crippen LogP contribution in [-0.2, 0) is 0 Å². The lowest BCUT2D eigenvalue weighted by Crippen LogP contribution is -2.46. The largest absolute Gasteiger partial charge is 0.497 e. The summed E-state index contributed by atoms with van der Waals surface area (Å²) in [6.07, 6.45) is 0. The highest BCUT2D eigenvalue weighted by molar-refractivity contribution is 6.09. The number of hydrogen-bond acceptors (Lipinski definition) is 5. The summed E-state index contributed by atoms with van der Waals surface area (Å²) in [6.45, 7) is 6.17. The highest BCUT2D eigenvalue weighted by atomic mass is 16.5. The summed E-state index contributed by atoms with van der Waals surface area (Å²) >= 11 is 0. The third kappa shape index (κ3) is 2.87. The van der Waals surface area contributed by atoms with Gasteiger partial charge < -0.3 is 14.1 Å². The maximum atomic E-state index is 12.7. The van der Waals surface area contributed by atoms with Crippen LogP contribution >= 0.6 is 0 Å². The number of rotatable bonds is 4. The zero-order valence-electron chi connectivity index (χ0n) is 13.4. The lowest BCUT2D eigenvalue weighted by atomic mass is 10.1. The maximum Gasteiger partial charge on any atom is 0.180 e. The number of Topliss-reactive ketones (excluding diaryl/α,β-unsaturated/α-hetero) is 1. The number of hydrogen-bond donors (Lipinski definition) is 0. The number of benzene rings is 1. The SMILES string of the molecule is COc1ccc2oc(C)c(C(=O)CN3CCN(C)CC3)c2c1. The van der Waals surface area contributed by atoms with Crippen molar-refractivity contribution in [1.82, 2.24) is 9.80 Å². The molecule has 118 valence electrons. The first-order valence-electron chi connectivity index (χ1n) is 7.59. The van der Waals surface area contributed by atoms with Crippen LogP contribution < -0.4 is 4.74 Å². The second kappa shape index (κ2) is 6.10. The molecule has 5 nitrogen and oxygen atoms in total. The molecule has 2 heterocycles. The molecule has 0 N–H and O–H groups in total. The topological polar surface area (TPSA) is 45.9 Å². The third-order valence-corrected chi connectivity index (χ3v) is 4.31. The number of ether oxygens (including phenoxy) is 1. The Balaban J connectivity index is 1.85. The summed E-state index contributed by atoms with van der Waals surface area (Å²) in [4.78, 5) is 17.2. The number of piperazine rings is 1. The standard InChI is InChI=1S/C17H22N2O3/c1-12-17(14-10-13(21-3)4-5-16(14)22-12)15(20)11-19-8-6-18(2)7-9-19/h4-5,10H,6-9,11H2,1-3H3. The summed E-state index contributed by atoms with van der Waals surface area (Å²) in [5.41, 5.74) is 1.42. The Labute approximate surface area is 130 Å². The number of methoxy groups -OCH3 is 1. The fraction of sp³-hybridized carbons (Fsp3) is 0.471. The van der Waals surface area contributed by atoms with Crippen molar-refractivity contribution in [3.63, 3.8) is 0 Å². The predicted octanol–water partition coefficient (Wildman–Crippen LogP) is 2.18. The van der Waals surface area contributed by atoms with Gasteiger partial charge in [0, 0.05) is 31.6 Å². The maximum absolute atomic E-state index is 12.7. The molecular weight excluding hydrogens is 280 g/mol. The van der Waals surface area contributed by atoms with Crippen molar-refractivity contribution in [3.05, 3.63) is 29.5 Å². The van der Waals surface area contributed by atoms with Crippen molar-refractivity contribution < 1.29 is 13.9 Å². The van der Waals surface area contributed by atoms with Gasteiger partial charge in [-0.1, -0.05) is 0 Å². The van der Waals surface area contributed by atoms with Crippen molar-refractivity contribution >= 4 is 16.8 Å². The van der Waals surface area contributed by atoms with Gasteiger partial charge in [-0.2, -0.15) is 0 Å². The van der Waals surface area contributed by atoms with E-state index in [0.29, 0.717) is 17.9 Å². The minimum atomic E-state index is 0.119. The summed E-state index contributed by atoms with van der Waals surface area (Å²) in [5.74, 6) is 1.54. The molecule has 1 fully saturated rings. The van der Waals surface area contributed by atoms with Gasteiger partial charge in [0.25, 0.3) is 0 Å². The van der Waals surface area contributed by atoms with Gasteiger partial charge in [0.05, 0.1) is 19.2 Å². The molecule has 0 atom stereocenters. The van der Waals surface area contributed by atoms with E-state index in [1.165, 1.54) is 0 Å². The minimum Gasteiger partial charge on any atom is -0.497 e. The normalized spacial score (nSPS) is 17.0. The van der Waals surface area contributed by atoms with Crippen LogP contribution in [0.4, 0.5) is 0 Å². The summed E-state index contributed by atoms with van der Waals surface area (Å²) in [5, 5.41) is 0.843. The van der Waals surface area contributed by atoms with Gasteiger partial charge in [-0.15, -0.1) is 0 Å². The molecule has 0 bridgehead atoms. The molecule has 1 saturated heterocycles. The fourth-order valence-electron chi connectivity index (χ4n) is 2.96. The number of ketones is 1. The number of likely N-dealkylation sites (N-methyl/N-ethyl adjacent to an activating group) is 1. The van der Waals surface area contributed by atoms with E-state index >= 15 is 0 Å². The van der Waals surface area contributed by atoms with Crippen molar-refractivity contribution in [2.75, 3.05) is 46.9 Å². The van der Waals surface area contributed by atoms with E-state index in [2.05, 4.69) is 16.8 Å². The quantitative estimate of drug-likeness (QED) is 0.810. The number of aryl methyl sites for hydroxylation is 1. The Hall–Kier alpha value is -1.85. The van der Waals surface area contributed by atoms with Crippen LogP contribution in [0.2, 0.25) is 0 Å². The van der Waals surface area contributed by atoms with Crippen LogP contribution in [0, 0.1) is 6.92 Å². The Morgan fingerprint density at radius 1 is 1.27 bits per heavy atom. The molecule has 1 aliphatic heterocycles. The predicted molar refractivity (Wildman–Crippen MR) is 85.8 cm³/mol. The third-order valence-electron chi connectivity index (χ3n) is 4.31. The smallest absolute Gasteiger partial charge is 0.180 e. The van der Waals surface area contributed by atoms with Gasteiger partial charge in [-0.3, -0.25) is 9.69 Å². The van der Waals surface area contributed by atoms with Gasteiger partial charge >= 0.3 is 0 Å². The molecule has 0 amide bonds. The van der Waals surface area contributed by atoms with Gasteiger partial charge in [0.2, 0.25) is 0 Å². The molecule has 22 heavy (non-hydrogen) atoms. The molecule has 0 saturated carbocycles. The average molecular weight is 302 g/mol. The summed E-state index contributed by atoms with van der Waals surface area (Å²) in [7, 11) is 3.74. The first-order valence-corrected chi connectivity index (χ1v) is 7.59. The highest BCUT2D eigenvalue weighted by Crippen LogP contribution is 2.29. The average Bonchev–Trinajstić information content (AvgIpc) is 2.84. The van der Waals surface area contributed by atoms with Crippen LogP contribution in [0.5, 0.6) is 5.75 Å². The first kappa shape index (κ1) is 15.1. The van der Waals surface area contributed by atoms with E-state index in [1.54, 1.807) is 7.11 Å². The highest BCUT2D eigenvalue weighted by Gasteiger charge is 2.22. The summed E-state index contributed by atoms with van der Waals surface area (Å²) in [6, 6.07) is 5.58. The summed E-state index contributed by atoms with van der Waals surface area (Å²) < 4.78 is 11.0. The van der Waals surface area contributed by atoms with Crippen LogP contribution in [0.1, 0.15) is 16.1 Å². The molecule has 1 aromatic heterocycles. The molecular formula is C17H22N2O3. The number of furan rings is 1. The molecule has 1 aliphatic rings. The second-order valence-corrected chi connectivity index (χ2v) is 5.90. The second-order valence-electron chi connectivity index (χ2n) is 5.90. The lowest BCUT2D eigenvalue weighted by molar-refractivity contribution is 0.0876. The van der Waals surface area contributed by atoms with Gasteiger partial charge in [0.15, 0.2) is 5.78 Å². The number of carbonyl (C=O) groups is 1. The van der Waals surface area contributed by atoms with E-state index in [4.69, 9.17) is 9.15 Å². The lowest BCUT2D eigenvalue weighted by Gasteiger charge is -2.31. The van der Waals surface area contributed by atoms with Crippen LogP contribution in [0.25, 0.3) is 11.0 Å². The minimum absolute atomic E-state index is 0.119. The molecule has 0 radical (unpaired) electrons. The zero-order chi connectivity index (χ0) is 15.7. The van der Waals surface area contributed by atoms with Crippen molar-refractivity contribution in [2.24, 2.45) is 0 Å². The molecule has 0 unspecified atom stereocenters. The number of carbonyl (C=O) groups excluding carboxylic acids is 1. The molecule has 1 aromatic carbocycles. The van der Waals surface area contributed by atoms with Crippen molar-refractivity contribution in [1.29, 1.82) is 0 Å². The molecule has 3 rings (SSSR count). The zero-order valence-corrected chi connectivity index (χ0v) is 13.4. The fourth-order valence-corrected chi connectivity index (χ4v) is 2.96. The Bertz CT molecular complexity index is 685. The molecule has 2 aromatic rings. The Morgan fingerprint density at radius 2 is 2.00 bits per heavy atom. The molecule has 0 spiro atoms. The van der Waals surface area contributed by atoms with E-state index in [-0.39, 0.29) is 5.78 Å². The van der Waals surface area contributed by atoms with E-state index in [0.717, 1.165) is 42.9 Å². The van der Waals surface area contributed by atoms with Crippen LogP contribution in [-0.4, -0.2) is 62.5 Å². The van der Waals surface area contributed by atoms with Gasteiger partial charge in [-0.25, -0.2) is 0 Å². The van der Waals surface area contributed by atoms with Crippen molar-refractivity contribution in [2.45, 2.75) is 6.92 Å². The Morgan fingerprint density at radius 3 is 2.68 bits per heavy atom. The van der Waals surface area contributed by atoms with Gasteiger partial charge in [0.1, 0.15) is 17.1 Å². The van der Waals surface area contributed by atoms with Crippen LogP contribution in [0.15, 0.2) is 22.6 Å². The van der Waals surface area contributed by atoms with E-state index in [1.807, 2.05) is 25.1 Å². The van der Waals surface area contributed by atoms with Crippen LogP contribution in [0.3, 0.4) is 0 Å². The van der Waals surface area contributed by atoms with Crippen molar-refractivity contribution in [3.8, 4) is 5.75 Å². The monoisotopic (exact) mass is 302 g/mol. The van der Waals surface area contributed by atoms with E-state index in [9.17, 15) is 4.79 Å². The number of nitrogens with zero attached hydrogens (tertiary/aromatic N) is 2. The molecule has 5 heteroatoms. The Kier molecular flexibility index (Phi) is 4.18. The first-order chi connectivity index (χ1) is 10.6. The van der Waals surface area contributed by atoms with E-state index < -0.39 is 0 Å².